The third kappa shape index (κ3) is 5.00. The summed E-state index contributed by atoms with van der Waals surface area (Å²) >= 11 is 8.66. The Morgan fingerprint density at radius 1 is 1.53 bits per heavy atom. The highest BCUT2D eigenvalue weighted by Gasteiger charge is 2.23. The van der Waals surface area contributed by atoms with Crippen LogP contribution < -0.4 is 4.72 Å². The molecule has 0 aliphatic carbocycles. The lowest BCUT2D eigenvalue weighted by atomic mass is 10.3. The molecule has 1 rings (SSSR count). The highest BCUT2D eigenvalue weighted by Crippen LogP contribution is 2.19. The fraction of sp³-hybridized carbons (Fsp3) is 0.455. The summed E-state index contributed by atoms with van der Waals surface area (Å²) in [6.07, 6.45) is 0.396. The van der Waals surface area contributed by atoms with Crippen LogP contribution in [0.15, 0.2) is 27.6 Å². The van der Waals surface area contributed by atoms with Crippen LogP contribution in [0.1, 0.15) is 6.42 Å². The molecule has 1 N–H and O–H groups in total. The normalized spacial score (nSPS) is 13.5. The fourth-order valence-corrected chi connectivity index (χ4v) is 3.40. The topological polar surface area (TPSA) is 55.4 Å². The molecule has 1 aromatic carbocycles. The molecule has 1 unspecified atom stereocenters. The molecule has 4 nitrogen and oxygen atoms in total. The first-order valence-electron chi connectivity index (χ1n) is 5.43. The predicted molar refractivity (Wildman–Crippen MR) is 75.4 cm³/mol. The highest BCUT2D eigenvalue weighted by molar-refractivity contribution is 9.10. The van der Waals surface area contributed by atoms with Gasteiger partial charge in [0.1, 0.15) is 10.7 Å². The van der Waals surface area contributed by atoms with Crippen LogP contribution in [0.4, 0.5) is 4.39 Å². The number of alkyl halides is 1. The van der Waals surface area contributed by atoms with E-state index in [1.807, 2.05) is 0 Å². The van der Waals surface area contributed by atoms with E-state index in [0.29, 0.717) is 10.9 Å². The average molecular weight is 375 g/mol. The first-order chi connectivity index (χ1) is 8.90. The summed E-state index contributed by atoms with van der Waals surface area (Å²) in [5.41, 5.74) is 0. The zero-order valence-corrected chi connectivity index (χ0v) is 13.4. The van der Waals surface area contributed by atoms with Crippen LogP contribution >= 0.6 is 27.5 Å². The summed E-state index contributed by atoms with van der Waals surface area (Å²) in [7, 11) is -2.48. The molecule has 1 aromatic rings. The van der Waals surface area contributed by atoms with Crippen LogP contribution in [-0.4, -0.2) is 34.1 Å². The zero-order valence-electron chi connectivity index (χ0n) is 10.2. The lowest BCUT2D eigenvalue weighted by Crippen LogP contribution is -2.38. The van der Waals surface area contributed by atoms with Gasteiger partial charge in [-0.3, -0.25) is 0 Å². The van der Waals surface area contributed by atoms with Crippen molar-refractivity contribution in [3.8, 4) is 0 Å². The average Bonchev–Trinajstić information content (AvgIpc) is 2.28. The SMILES string of the molecule is COCC(CCCl)NS(=O)(=O)c1ccc(Br)cc1F. The lowest BCUT2D eigenvalue weighted by Gasteiger charge is -2.17. The molecule has 0 radical (unpaired) electrons. The van der Waals surface area contributed by atoms with E-state index in [1.54, 1.807) is 0 Å². The van der Waals surface area contributed by atoms with E-state index in [-0.39, 0.29) is 12.5 Å². The van der Waals surface area contributed by atoms with Gasteiger partial charge in [-0.05, 0) is 24.6 Å². The maximum atomic E-state index is 13.7. The fourth-order valence-electron chi connectivity index (χ4n) is 1.49. The van der Waals surface area contributed by atoms with Gasteiger partial charge in [-0.2, -0.15) is 0 Å². The number of methoxy groups -OCH3 is 1. The number of hydrogen-bond acceptors (Lipinski definition) is 3. The quantitative estimate of drug-likeness (QED) is 0.746. The van der Waals surface area contributed by atoms with Crippen LogP contribution in [0.2, 0.25) is 0 Å². The smallest absolute Gasteiger partial charge is 0.243 e. The third-order valence-corrected chi connectivity index (χ3v) is 4.60. The molecule has 0 spiro atoms. The Labute approximate surface area is 125 Å². The molecule has 0 aliphatic rings. The second-order valence-electron chi connectivity index (χ2n) is 3.83. The van der Waals surface area contributed by atoms with Gasteiger partial charge < -0.3 is 4.74 Å². The second-order valence-corrected chi connectivity index (χ2v) is 6.80. The number of hydrogen-bond donors (Lipinski definition) is 1. The van der Waals surface area contributed by atoms with E-state index in [9.17, 15) is 12.8 Å². The first-order valence-corrected chi connectivity index (χ1v) is 8.24. The molecule has 0 fully saturated rings. The molecule has 108 valence electrons. The summed E-state index contributed by atoms with van der Waals surface area (Å²) in [5.74, 6) is -0.539. The molecule has 0 heterocycles. The van der Waals surface area contributed by atoms with Crippen molar-refractivity contribution >= 4 is 37.6 Å². The largest absolute Gasteiger partial charge is 0.383 e. The zero-order chi connectivity index (χ0) is 14.5. The molecule has 0 saturated carbocycles. The van der Waals surface area contributed by atoms with E-state index in [4.69, 9.17) is 16.3 Å². The third-order valence-electron chi connectivity index (χ3n) is 2.33. The number of rotatable bonds is 7. The van der Waals surface area contributed by atoms with Gasteiger partial charge in [0.15, 0.2) is 0 Å². The number of ether oxygens (including phenoxy) is 1. The van der Waals surface area contributed by atoms with Gasteiger partial charge in [0.2, 0.25) is 10.0 Å². The van der Waals surface area contributed by atoms with Crippen molar-refractivity contribution in [2.45, 2.75) is 17.4 Å². The van der Waals surface area contributed by atoms with Gasteiger partial charge in [-0.1, -0.05) is 15.9 Å². The molecule has 0 saturated heterocycles. The van der Waals surface area contributed by atoms with Gasteiger partial charge in [0.05, 0.1) is 6.61 Å². The maximum Gasteiger partial charge on any atom is 0.243 e. The van der Waals surface area contributed by atoms with Crippen LogP contribution in [0.3, 0.4) is 0 Å². The first kappa shape index (κ1) is 16.8. The molecule has 8 heteroatoms. The predicted octanol–water partition coefficient (Wildman–Crippen LogP) is 2.51. The highest BCUT2D eigenvalue weighted by atomic mass is 79.9. The number of halogens is 3. The molecule has 0 amide bonds. The van der Waals surface area contributed by atoms with Crippen molar-refractivity contribution < 1.29 is 17.5 Å². The summed E-state index contributed by atoms with van der Waals surface area (Å²) in [5, 5.41) is 0. The Bertz CT molecular complexity index is 521. The van der Waals surface area contributed by atoms with Crippen LogP contribution in [0, 0.1) is 5.82 Å². The van der Waals surface area contributed by atoms with Crippen LogP contribution in [0.5, 0.6) is 0 Å². The van der Waals surface area contributed by atoms with Gasteiger partial charge in [0, 0.05) is 23.5 Å². The molecule has 0 aromatic heterocycles. The van der Waals surface area contributed by atoms with Crippen molar-refractivity contribution in [2.24, 2.45) is 0 Å². The van der Waals surface area contributed by atoms with Crippen molar-refractivity contribution in [3.05, 3.63) is 28.5 Å². The maximum absolute atomic E-state index is 13.7. The van der Waals surface area contributed by atoms with E-state index in [1.165, 1.54) is 19.2 Å². The Morgan fingerprint density at radius 2 is 2.21 bits per heavy atom. The Balaban J connectivity index is 2.96. The minimum Gasteiger partial charge on any atom is -0.383 e. The second kappa shape index (κ2) is 7.54. The van der Waals surface area contributed by atoms with Crippen LogP contribution in [0.25, 0.3) is 0 Å². The van der Waals surface area contributed by atoms with Gasteiger partial charge in [0.25, 0.3) is 0 Å². The molecule has 19 heavy (non-hydrogen) atoms. The van der Waals surface area contributed by atoms with Crippen molar-refractivity contribution in [3.63, 3.8) is 0 Å². The Hall–Kier alpha value is -0.210. The summed E-state index contributed by atoms with van der Waals surface area (Å²) in [6, 6.07) is 3.27. The summed E-state index contributed by atoms with van der Waals surface area (Å²) in [6.45, 7) is 0.171. The summed E-state index contributed by atoms with van der Waals surface area (Å²) < 4.78 is 45.5. The van der Waals surface area contributed by atoms with Crippen molar-refractivity contribution in [2.75, 3.05) is 19.6 Å². The number of sulfonamides is 1. The Morgan fingerprint density at radius 3 is 2.74 bits per heavy atom. The van der Waals surface area contributed by atoms with E-state index in [2.05, 4.69) is 20.7 Å². The van der Waals surface area contributed by atoms with Gasteiger partial charge >= 0.3 is 0 Å². The molecular weight excluding hydrogens is 361 g/mol. The van der Waals surface area contributed by atoms with E-state index >= 15 is 0 Å². The van der Waals surface area contributed by atoms with Crippen molar-refractivity contribution in [1.82, 2.24) is 4.72 Å². The monoisotopic (exact) mass is 373 g/mol. The van der Waals surface area contributed by atoms with Crippen molar-refractivity contribution in [1.29, 1.82) is 0 Å². The number of nitrogens with one attached hydrogen (secondary N) is 1. The minimum absolute atomic E-state index is 0.171. The van der Waals surface area contributed by atoms with Crippen LogP contribution in [-0.2, 0) is 14.8 Å². The summed E-state index contributed by atoms with van der Waals surface area (Å²) in [4.78, 5) is -0.397. The Kier molecular flexibility index (Phi) is 6.68. The van der Waals surface area contributed by atoms with E-state index < -0.39 is 26.8 Å². The van der Waals surface area contributed by atoms with E-state index in [0.717, 1.165) is 6.07 Å². The van der Waals surface area contributed by atoms with Gasteiger partial charge in [-0.15, -0.1) is 11.6 Å². The molecule has 0 aliphatic heterocycles. The minimum atomic E-state index is -3.94. The number of benzene rings is 1. The molecular formula is C11H14BrClFNO3S. The molecule has 1 atom stereocenters. The standard InChI is InChI=1S/C11H14BrClFNO3S/c1-18-7-9(4-5-13)15-19(16,17)11-3-2-8(12)6-10(11)14/h2-3,6,9,15H,4-5,7H2,1H3. The lowest BCUT2D eigenvalue weighted by molar-refractivity contribution is 0.173. The molecule has 0 bridgehead atoms. The van der Waals surface area contributed by atoms with Gasteiger partial charge in [-0.25, -0.2) is 17.5 Å².